The van der Waals surface area contributed by atoms with Gasteiger partial charge in [-0.15, -0.1) is 10.2 Å². The quantitative estimate of drug-likeness (QED) is 0.506. The molecule has 0 atom stereocenters. The van der Waals surface area contributed by atoms with E-state index in [4.69, 9.17) is 21.1 Å². The molecule has 0 aliphatic heterocycles. The van der Waals surface area contributed by atoms with E-state index in [9.17, 15) is 4.79 Å². The molecule has 0 radical (unpaired) electrons. The minimum atomic E-state index is -0.161. The highest BCUT2D eigenvalue weighted by Crippen LogP contribution is 2.30. The molecule has 0 saturated carbocycles. The van der Waals surface area contributed by atoms with Gasteiger partial charge in [-0.05, 0) is 42.3 Å². The molecule has 0 saturated heterocycles. The normalized spacial score (nSPS) is 10.5. The predicted octanol–water partition coefficient (Wildman–Crippen LogP) is 4.61. The molecule has 30 heavy (non-hydrogen) atoms. The van der Waals surface area contributed by atoms with Crippen molar-refractivity contribution in [1.82, 2.24) is 15.1 Å². The van der Waals surface area contributed by atoms with Crippen LogP contribution in [-0.4, -0.2) is 48.8 Å². The second-order valence-electron chi connectivity index (χ2n) is 6.47. The molecule has 0 fully saturated rings. The fourth-order valence-corrected chi connectivity index (χ4v) is 3.83. The topological polar surface area (TPSA) is 64.5 Å². The Bertz CT molecular complexity index is 1020. The summed E-state index contributed by atoms with van der Waals surface area (Å²) in [6.07, 6.45) is 0.663. The third-order valence-electron chi connectivity index (χ3n) is 4.45. The number of likely N-dealkylation sites (N-methyl/N-ethyl adjacent to an activating group) is 1. The number of benzene rings is 2. The van der Waals surface area contributed by atoms with Gasteiger partial charge in [0.1, 0.15) is 5.03 Å². The number of amides is 1. The molecule has 3 aromatic rings. The van der Waals surface area contributed by atoms with Crippen molar-refractivity contribution in [2.45, 2.75) is 16.3 Å². The van der Waals surface area contributed by atoms with E-state index in [0.29, 0.717) is 35.1 Å². The minimum absolute atomic E-state index is 0.161. The first kappa shape index (κ1) is 21.9. The average Bonchev–Trinajstić information content (AvgIpc) is 2.78. The maximum atomic E-state index is 13.1. The van der Waals surface area contributed by atoms with Gasteiger partial charge in [0.05, 0.1) is 19.8 Å². The number of methoxy groups -OCH3 is 2. The number of halogens is 1. The summed E-state index contributed by atoms with van der Waals surface area (Å²) in [5, 5.41) is 8.75. The van der Waals surface area contributed by atoms with Crippen LogP contribution in [0.5, 0.6) is 11.5 Å². The first-order valence-corrected chi connectivity index (χ1v) is 10.4. The fraction of sp³-hybridized carbons (Fsp3) is 0.227. The Morgan fingerprint density at radius 3 is 2.47 bits per heavy atom. The summed E-state index contributed by atoms with van der Waals surface area (Å²) >= 11 is 7.41. The van der Waals surface area contributed by atoms with Gasteiger partial charge in [0.25, 0.3) is 5.91 Å². The van der Waals surface area contributed by atoms with Crippen molar-refractivity contribution < 1.29 is 14.3 Å². The van der Waals surface area contributed by atoms with Crippen LogP contribution in [0.4, 0.5) is 0 Å². The van der Waals surface area contributed by atoms with Gasteiger partial charge >= 0.3 is 0 Å². The van der Waals surface area contributed by atoms with Gasteiger partial charge in [0, 0.05) is 18.5 Å². The molecule has 8 heteroatoms. The van der Waals surface area contributed by atoms with Crippen molar-refractivity contribution in [2.24, 2.45) is 0 Å². The maximum Gasteiger partial charge on any atom is 0.256 e. The number of hydrogen-bond acceptors (Lipinski definition) is 6. The van der Waals surface area contributed by atoms with Gasteiger partial charge in [-0.25, -0.2) is 0 Å². The molecule has 0 bridgehead atoms. The van der Waals surface area contributed by atoms with E-state index in [1.54, 1.807) is 32.2 Å². The summed E-state index contributed by atoms with van der Waals surface area (Å²) in [5.74, 6) is 1.17. The van der Waals surface area contributed by atoms with Crippen LogP contribution < -0.4 is 9.47 Å². The lowest BCUT2D eigenvalue weighted by Crippen LogP contribution is -2.29. The Morgan fingerprint density at radius 1 is 1.03 bits per heavy atom. The van der Waals surface area contributed by atoms with Crippen molar-refractivity contribution in [1.29, 1.82) is 0 Å². The molecular formula is C22H22ClN3O3S. The van der Waals surface area contributed by atoms with Gasteiger partial charge in [-0.1, -0.05) is 47.6 Å². The first-order valence-electron chi connectivity index (χ1n) is 9.24. The zero-order valence-electron chi connectivity index (χ0n) is 17.0. The minimum Gasteiger partial charge on any atom is -0.493 e. The van der Waals surface area contributed by atoms with Gasteiger partial charge < -0.3 is 14.4 Å². The number of rotatable bonds is 8. The van der Waals surface area contributed by atoms with Crippen LogP contribution in [0.25, 0.3) is 0 Å². The zero-order chi connectivity index (χ0) is 21.5. The van der Waals surface area contributed by atoms with Crippen LogP contribution in [0.2, 0.25) is 5.15 Å². The lowest BCUT2D eigenvalue weighted by Gasteiger charge is -2.19. The van der Waals surface area contributed by atoms with Gasteiger partial charge in [-0.2, -0.15) is 0 Å². The Balaban J connectivity index is 1.73. The van der Waals surface area contributed by atoms with Crippen LogP contribution in [-0.2, 0) is 6.42 Å². The molecule has 0 aliphatic carbocycles. The molecule has 0 spiro atoms. The number of nitrogens with zero attached hydrogens (tertiary/aromatic N) is 3. The highest BCUT2D eigenvalue weighted by Gasteiger charge is 2.19. The number of ether oxygens (including phenoxy) is 2. The van der Waals surface area contributed by atoms with E-state index in [2.05, 4.69) is 10.2 Å². The Kier molecular flexibility index (Phi) is 7.54. The summed E-state index contributed by atoms with van der Waals surface area (Å²) < 4.78 is 10.6. The standard InChI is InChI=1S/C22H22ClN3O3S/c1-26(12-11-15-9-10-18(28-2)19(13-15)29-3)22(27)17-14-20(23)24-25-21(17)30-16-7-5-4-6-8-16/h4-10,13-14H,11-12H2,1-3H3. The number of hydrogen-bond donors (Lipinski definition) is 0. The van der Waals surface area contributed by atoms with E-state index in [1.165, 1.54) is 11.8 Å². The molecule has 0 N–H and O–H groups in total. The molecule has 1 heterocycles. The molecule has 6 nitrogen and oxygen atoms in total. The largest absolute Gasteiger partial charge is 0.493 e. The van der Waals surface area contributed by atoms with Crippen LogP contribution in [0, 0.1) is 0 Å². The second kappa shape index (κ2) is 10.3. The van der Waals surface area contributed by atoms with E-state index in [1.807, 2.05) is 48.5 Å². The van der Waals surface area contributed by atoms with Crippen molar-refractivity contribution >= 4 is 29.3 Å². The number of carbonyl (C=O) groups is 1. The Hall–Kier alpha value is -2.77. The molecular weight excluding hydrogens is 422 g/mol. The van der Waals surface area contributed by atoms with Gasteiger partial charge in [0.2, 0.25) is 0 Å². The fourth-order valence-electron chi connectivity index (χ4n) is 2.83. The SMILES string of the molecule is COc1ccc(CCN(C)C(=O)c2cc(Cl)nnc2Sc2ccccc2)cc1OC. The second-order valence-corrected chi connectivity index (χ2v) is 7.92. The zero-order valence-corrected chi connectivity index (χ0v) is 18.5. The van der Waals surface area contributed by atoms with Crippen LogP contribution in [0.3, 0.4) is 0 Å². The molecule has 156 valence electrons. The van der Waals surface area contributed by atoms with Crippen molar-refractivity contribution in [3.05, 3.63) is 70.9 Å². The molecule has 1 aromatic heterocycles. The lowest BCUT2D eigenvalue weighted by atomic mass is 10.1. The maximum absolute atomic E-state index is 13.1. The van der Waals surface area contributed by atoms with Crippen molar-refractivity contribution in [3.8, 4) is 11.5 Å². The number of carbonyl (C=O) groups excluding carboxylic acids is 1. The van der Waals surface area contributed by atoms with Crippen LogP contribution in [0.15, 0.2) is 64.5 Å². The highest BCUT2D eigenvalue weighted by molar-refractivity contribution is 7.99. The molecule has 0 aliphatic rings. The molecule has 1 amide bonds. The Morgan fingerprint density at radius 2 is 1.77 bits per heavy atom. The van der Waals surface area contributed by atoms with E-state index in [0.717, 1.165) is 10.5 Å². The van der Waals surface area contributed by atoms with Crippen molar-refractivity contribution in [2.75, 3.05) is 27.8 Å². The molecule has 0 unspecified atom stereocenters. The van der Waals surface area contributed by atoms with Gasteiger partial charge in [-0.3, -0.25) is 4.79 Å². The van der Waals surface area contributed by atoms with Crippen LogP contribution in [0.1, 0.15) is 15.9 Å². The highest BCUT2D eigenvalue weighted by atomic mass is 35.5. The third kappa shape index (κ3) is 5.43. The lowest BCUT2D eigenvalue weighted by molar-refractivity contribution is 0.0792. The Labute approximate surface area is 185 Å². The third-order valence-corrected chi connectivity index (χ3v) is 5.64. The summed E-state index contributed by atoms with van der Waals surface area (Å²) in [7, 11) is 4.96. The van der Waals surface area contributed by atoms with Gasteiger partial charge in [0.15, 0.2) is 16.7 Å². The summed E-state index contributed by atoms with van der Waals surface area (Å²) in [6.45, 7) is 0.518. The average molecular weight is 444 g/mol. The van der Waals surface area contributed by atoms with E-state index in [-0.39, 0.29) is 11.1 Å². The monoisotopic (exact) mass is 443 g/mol. The van der Waals surface area contributed by atoms with Crippen LogP contribution >= 0.6 is 23.4 Å². The summed E-state index contributed by atoms with van der Waals surface area (Å²) in [6, 6.07) is 17.0. The van der Waals surface area contributed by atoms with E-state index >= 15 is 0 Å². The summed E-state index contributed by atoms with van der Waals surface area (Å²) in [4.78, 5) is 15.7. The first-order chi connectivity index (χ1) is 14.5. The molecule has 3 rings (SSSR count). The molecule has 2 aromatic carbocycles. The van der Waals surface area contributed by atoms with E-state index < -0.39 is 0 Å². The smallest absolute Gasteiger partial charge is 0.256 e. The summed E-state index contributed by atoms with van der Waals surface area (Å²) in [5.41, 5.74) is 1.47. The van der Waals surface area contributed by atoms with Crippen molar-refractivity contribution in [3.63, 3.8) is 0 Å². The predicted molar refractivity (Wildman–Crippen MR) is 118 cm³/mol. The number of aromatic nitrogens is 2.